The number of rotatable bonds is 6. The number of fused-ring (bicyclic) bond motifs is 1. The summed E-state index contributed by atoms with van der Waals surface area (Å²) < 4.78 is 26.6. The Morgan fingerprint density at radius 2 is 1.69 bits per heavy atom. The average molecular weight is 472 g/mol. The van der Waals surface area contributed by atoms with Gasteiger partial charge in [-0.15, -0.1) is 0 Å². The summed E-state index contributed by atoms with van der Waals surface area (Å²) in [6, 6.07) is 20.4. The Hall–Kier alpha value is -3.60. The van der Waals surface area contributed by atoms with Gasteiger partial charge in [-0.3, -0.25) is 4.79 Å². The molecule has 0 spiro atoms. The Balaban J connectivity index is 1.55. The lowest BCUT2D eigenvalue weighted by molar-refractivity contribution is -0.137. The van der Waals surface area contributed by atoms with Crippen LogP contribution in [0, 0.1) is 17.2 Å². The highest BCUT2D eigenvalue weighted by Crippen LogP contribution is 2.55. The fourth-order valence-corrected chi connectivity index (χ4v) is 5.63. The highest BCUT2D eigenvalue weighted by Gasteiger charge is 2.56. The van der Waals surface area contributed by atoms with Crippen molar-refractivity contribution in [2.75, 3.05) is 14.2 Å². The van der Waals surface area contributed by atoms with E-state index in [0.29, 0.717) is 23.6 Å². The van der Waals surface area contributed by atoms with Gasteiger partial charge in [-0.25, -0.2) is 4.39 Å². The van der Waals surface area contributed by atoms with E-state index in [1.54, 1.807) is 20.3 Å². The largest absolute Gasteiger partial charge is 0.493 e. The van der Waals surface area contributed by atoms with E-state index in [4.69, 9.17) is 9.47 Å². The smallest absolute Gasteiger partial charge is 0.230 e. The fraction of sp³-hybridized carbons (Fsp3) is 0.300. The van der Waals surface area contributed by atoms with E-state index in [2.05, 4.69) is 12.2 Å². The molecule has 3 atom stereocenters. The van der Waals surface area contributed by atoms with Crippen LogP contribution in [-0.2, 0) is 11.3 Å². The number of halogens is 1. The van der Waals surface area contributed by atoms with Gasteiger partial charge in [-0.1, -0.05) is 67.6 Å². The number of amides is 1. The summed E-state index contributed by atoms with van der Waals surface area (Å²) in [6.07, 6.45) is 5.90. The first-order valence-electron chi connectivity index (χ1n) is 12.0. The summed E-state index contributed by atoms with van der Waals surface area (Å²) in [7, 11) is 3.17. The Morgan fingerprint density at radius 3 is 2.40 bits per heavy atom. The summed E-state index contributed by atoms with van der Waals surface area (Å²) in [5.41, 5.74) is 2.65. The molecule has 1 aliphatic heterocycles. The molecule has 1 saturated heterocycles. The minimum absolute atomic E-state index is 0.0751. The van der Waals surface area contributed by atoms with Crippen LogP contribution in [0.25, 0.3) is 11.1 Å². The zero-order valence-electron chi connectivity index (χ0n) is 20.3. The van der Waals surface area contributed by atoms with Gasteiger partial charge in [0.15, 0.2) is 11.5 Å². The predicted molar refractivity (Wildman–Crippen MR) is 135 cm³/mol. The molecular weight excluding hydrogens is 441 g/mol. The van der Waals surface area contributed by atoms with E-state index in [-0.39, 0.29) is 23.7 Å². The molecule has 1 heterocycles. The number of carbonyl (C=O) groups excluding carboxylic acids is 1. The lowest BCUT2D eigenvalue weighted by Crippen LogP contribution is -2.34. The first-order valence-corrected chi connectivity index (χ1v) is 12.0. The van der Waals surface area contributed by atoms with Crippen LogP contribution in [0.5, 0.6) is 11.5 Å². The number of likely N-dealkylation sites (tertiary alicyclic amines) is 1. The second kappa shape index (κ2) is 9.21. The van der Waals surface area contributed by atoms with Crippen molar-refractivity contribution in [3.63, 3.8) is 0 Å². The minimum Gasteiger partial charge on any atom is -0.493 e. The molecule has 5 heteroatoms. The Bertz CT molecular complexity index is 1270. The Kier molecular flexibility index (Phi) is 6.10. The van der Waals surface area contributed by atoms with Crippen molar-refractivity contribution < 1.29 is 18.7 Å². The number of hydrogen-bond acceptors (Lipinski definition) is 3. The molecule has 0 bridgehead atoms. The van der Waals surface area contributed by atoms with E-state index in [1.807, 2.05) is 72.5 Å². The van der Waals surface area contributed by atoms with Gasteiger partial charge < -0.3 is 14.4 Å². The van der Waals surface area contributed by atoms with Crippen molar-refractivity contribution in [2.24, 2.45) is 11.3 Å². The molecule has 3 aromatic carbocycles. The fourth-order valence-electron chi connectivity index (χ4n) is 5.63. The minimum atomic E-state index is -0.525. The number of benzene rings is 3. The van der Waals surface area contributed by atoms with Gasteiger partial charge in [-0.2, -0.15) is 0 Å². The third-order valence-corrected chi connectivity index (χ3v) is 7.57. The highest BCUT2D eigenvalue weighted by atomic mass is 19.1. The van der Waals surface area contributed by atoms with Gasteiger partial charge in [0.25, 0.3) is 0 Å². The number of allylic oxidation sites excluding steroid dienone is 1. The quantitative estimate of drug-likeness (QED) is 0.382. The van der Waals surface area contributed by atoms with E-state index in [1.165, 1.54) is 0 Å². The molecule has 1 fully saturated rings. The summed E-state index contributed by atoms with van der Waals surface area (Å²) in [6.45, 7) is 2.50. The van der Waals surface area contributed by atoms with Crippen LogP contribution < -0.4 is 9.47 Å². The first kappa shape index (κ1) is 23.2. The van der Waals surface area contributed by atoms with Crippen LogP contribution in [0.3, 0.4) is 0 Å². The second-order valence-corrected chi connectivity index (χ2v) is 9.58. The SMILES string of the molecule is COc1ccc(-c2ccc(C3C4C=CCC[C@@]4(C)C(=O)N3Cc3ccccc3)c(F)c2)cc1OC. The molecular formula is C30H30FNO3. The molecule has 2 aliphatic rings. The molecule has 5 rings (SSSR count). The summed E-state index contributed by atoms with van der Waals surface area (Å²) in [4.78, 5) is 15.6. The van der Waals surface area contributed by atoms with Crippen LogP contribution in [0.4, 0.5) is 4.39 Å². The van der Waals surface area contributed by atoms with Crippen molar-refractivity contribution in [1.29, 1.82) is 0 Å². The Morgan fingerprint density at radius 1 is 0.971 bits per heavy atom. The number of nitrogens with zero attached hydrogens (tertiary/aromatic N) is 1. The molecule has 4 nitrogen and oxygen atoms in total. The second-order valence-electron chi connectivity index (χ2n) is 9.58. The van der Waals surface area contributed by atoms with Gasteiger partial charge in [0.05, 0.1) is 25.7 Å². The van der Waals surface area contributed by atoms with Crippen molar-refractivity contribution in [3.05, 3.63) is 95.8 Å². The predicted octanol–water partition coefficient (Wildman–Crippen LogP) is 6.57. The van der Waals surface area contributed by atoms with Crippen LogP contribution in [0.15, 0.2) is 78.9 Å². The highest BCUT2D eigenvalue weighted by molar-refractivity contribution is 5.87. The van der Waals surface area contributed by atoms with Gasteiger partial charge in [0.2, 0.25) is 5.91 Å². The normalized spacial score (nSPS) is 23.3. The van der Waals surface area contributed by atoms with Crippen LogP contribution in [0.1, 0.15) is 36.9 Å². The summed E-state index contributed by atoms with van der Waals surface area (Å²) in [5, 5.41) is 0. The van der Waals surface area contributed by atoms with Crippen molar-refractivity contribution in [3.8, 4) is 22.6 Å². The van der Waals surface area contributed by atoms with Gasteiger partial charge in [-0.05, 0) is 47.7 Å². The first-order chi connectivity index (χ1) is 17.0. The lowest BCUT2D eigenvalue weighted by atomic mass is 9.69. The van der Waals surface area contributed by atoms with Gasteiger partial charge in [0, 0.05) is 18.0 Å². The van der Waals surface area contributed by atoms with Crippen molar-refractivity contribution >= 4 is 5.91 Å². The van der Waals surface area contributed by atoms with Crippen molar-refractivity contribution in [2.45, 2.75) is 32.4 Å². The van der Waals surface area contributed by atoms with Crippen LogP contribution in [0.2, 0.25) is 0 Å². The number of ether oxygens (including phenoxy) is 2. The molecule has 0 radical (unpaired) electrons. The molecule has 0 N–H and O–H groups in total. The topological polar surface area (TPSA) is 38.8 Å². The number of carbonyl (C=O) groups is 1. The van der Waals surface area contributed by atoms with Gasteiger partial charge >= 0.3 is 0 Å². The molecule has 0 saturated carbocycles. The summed E-state index contributed by atoms with van der Waals surface area (Å²) in [5.74, 6) is 0.931. The van der Waals surface area contributed by atoms with Crippen molar-refractivity contribution in [1.82, 2.24) is 4.90 Å². The maximum Gasteiger partial charge on any atom is 0.230 e. The zero-order chi connectivity index (χ0) is 24.6. The molecule has 2 unspecified atom stereocenters. The van der Waals surface area contributed by atoms with E-state index in [9.17, 15) is 4.79 Å². The maximum absolute atomic E-state index is 15.8. The molecule has 1 aliphatic carbocycles. The molecule has 3 aromatic rings. The maximum atomic E-state index is 15.8. The average Bonchev–Trinajstić information content (AvgIpc) is 3.10. The standard InChI is InChI=1S/C30H30FNO3/c1-30-16-8-7-11-24(30)28(32(29(30)33)19-20-9-5-4-6-10-20)23-14-12-21(17-25(23)31)22-13-15-26(34-2)27(18-22)35-3/h4-7,9-15,17-18,24,28H,8,16,19H2,1-3H3/t24?,28?,30-/m1/s1. The van der Waals surface area contributed by atoms with Crippen LogP contribution >= 0.6 is 0 Å². The third-order valence-electron chi connectivity index (χ3n) is 7.57. The Labute approximate surface area is 206 Å². The lowest BCUT2D eigenvalue weighted by Gasteiger charge is -2.32. The number of methoxy groups -OCH3 is 2. The molecule has 180 valence electrons. The monoisotopic (exact) mass is 471 g/mol. The molecule has 0 aromatic heterocycles. The summed E-state index contributed by atoms with van der Waals surface area (Å²) >= 11 is 0. The van der Waals surface area contributed by atoms with Crippen LogP contribution in [-0.4, -0.2) is 25.0 Å². The third kappa shape index (κ3) is 3.99. The van der Waals surface area contributed by atoms with E-state index >= 15 is 4.39 Å². The molecule has 1 amide bonds. The van der Waals surface area contributed by atoms with E-state index in [0.717, 1.165) is 29.5 Å². The zero-order valence-corrected chi connectivity index (χ0v) is 20.3. The van der Waals surface area contributed by atoms with E-state index < -0.39 is 5.41 Å². The molecule has 35 heavy (non-hydrogen) atoms. The van der Waals surface area contributed by atoms with Gasteiger partial charge in [0.1, 0.15) is 5.82 Å². The number of hydrogen-bond donors (Lipinski definition) is 0.